The second-order valence-electron chi connectivity index (χ2n) is 9.32. The molecule has 0 spiro atoms. The lowest BCUT2D eigenvalue weighted by molar-refractivity contribution is -0.134. The molecule has 0 aliphatic carbocycles. The van der Waals surface area contributed by atoms with E-state index < -0.39 is 0 Å². The van der Waals surface area contributed by atoms with Gasteiger partial charge in [-0.05, 0) is 49.4 Å². The number of hydrogen-bond donors (Lipinski definition) is 0. The molecule has 0 saturated carbocycles. The number of hydrogen-bond acceptors (Lipinski definition) is 4. The molecule has 4 aromatic rings. The van der Waals surface area contributed by atoms with Gasteiger partial charge in [0, 0.05) is 37.4 Å². The minimum absolute atomic E-state index is 0.0492. The van der Waals surface area contributed by atoms with Crippen molar-refractivity contribution in [3.63, 3.8) is 0 Å². The number of carbonyl (C=O) groups is 2. The number of methoxy groups -OCH3 is 1. The summed E-state index contributed by atoms with van der Waals surface area (Å²) in [7, 11) is 1.59. The molecular formula is C31H30FN3O4. The zero-order valence-electron chi connectivity index (χ0n) is 22.0. The van der Waals surface area contributed by atoms with Gasteiger partial charge in [-0.25, -0.2) is 4.39 Å². The Morgan fingerprint density at radius 2 is 1.49 bits per heavy atom. The molecule has 1 aliphatic heterocycles. The van der Waals surface area contributed by atoms with Gasteiger partial charge in [0.2, 0.25) is 0 Å². The van der Waals surface area contributed by atoms with Crippen molar-refractivity contribution in [1.29, 1.82) is 0 Å². The summed E-state index contributed by atoms with van der Waals surface area (Å²) in [4.78, 5) is 29.8. The largest absolute Gasteiger partial charge is 0.497 e. The van der Waals surface area contributed by atoms with Gasteiger partial charge in [-0.2, -0.15) is 0 Å². The number of nitrogens with zero attached hydrogens (tertiary/aromatic N) is 3. The van der Waals surface area contributed by atoms with Crippen LogP contribution < -0.4 is 9.47 Å². The summed E-state index contributed by atoms with van der Waals surface area (Å²) < 4.78 is 27.7. The van der Waals surface area contributed by atoms with Crippen LogP contribution in [-0.2, 0) is 4.79 Å². The first-order chi connectivity index (χ1) is 19.0. The Morgan fingerprint density at radius 1 is 0.821 bits per heavy atom. The zero-order chi connectivity index (χ0) is 27.4. The van der Waals surface area contributed by atoms with Gasteiger partial charge in [-0.15, -0.1) is 0 Å². The van der Waals surface area contributed by atoms with Crippen molar-refractivity contribution in [1.82, 2.24) is 14.4 Å². The van der Waals surface area contributed by atoms with Gasteiger partial charge < -0.3 is 23.8 Å². The number of benzene rings is 3. The monoisotopic (exact) mass is 527 g/mol. The molecule has 0 radical (unpaired) electrons. The second kappa shape index (κ2) is 11.4. The quantitative estimate of drug-likeness (QED) is 0.341. The molecule has 2 heterocycles. The smallest absolute Gasteiger partial charge is 0.260 e. The first kappa shape index (κ1) is 26.0. The van der Waals surface area contributed by atoms with E-state index in [0.717, 1.165) is 5.56 Å². The summed E-state index contributed by atoms with van der Waals surface area (Å²) in [5, 5.41) is 0. The summed E-state index contributed by atoms with van der Waals surface area (Å²) in [6, 6.07) is 25.0. The van der Waals surface area contributed by atoms with E-state index in [1.807, 2.05) is 55.5 Å². The number of carbonyl (C=O) groups excluding carboxylic acids is 2. The molecule has 0 N–H and O–H groups in total. The molecule has 1 saturated heterocycles. The maximum absolute atomic E-state index is 15.0. The van der Waals surface area contributed by atoms with Crippen LogP contribution in [0.1, 0.15) is 16.1 Å². The molecule has 39 heavy (non-hydrogen) atoms. The zero-order valence-corrected chi connectivity index (χ0v) is 22.0. The lowest BCUT2D eigenvalue weighted by Crippen LogP contribution is -2.51. The van der Waals surface area contributed by atoms with Crippen LogP contribution in [0.5, 0.6) is 11.5 Å². The third kappa shape index (κ3) is 5.50. The standard InChI is InChI=1S/C31H30FN3O4/c1-22-26(31(37)34-17-15-33(16-18-34)30(36)21-39-24-10-4-3-5-11-24)20-29(23-9-8-12-25(19-23)38-2)35(22)28-14-7-6-13-27(28)32/h3-14,19-20H,15-18,21H2,1-2H3. The molecule has 200 valence electrons. The molecule has 7 nitrogen and oxygen atoms in total. The van der Waals surface area contributed by atoms with Crippen molar-refractivity contribution in [2.75, 3.05) is 39.9 Å². The maximum Gasteiger partial charge on any atom is 0.260 e. The number of rotatable bonds is 7. The third-order valence-corrected chi connectivity index (χ3v) is 6.96. The van der Waals surface area contributed by atoms with Crippen molar-refractivity contribution in [2.45, 2.75) is 6.92 Å². The van der Waals surface area contributed by atoms with E-state index in [2.05, 4.69) is 0 Å². The molecule has 0 atom stereocenters. The van der Waals surface area contributed by atoms with Crippen molar-refractivity contribution >= 4 is 11.8 Å². The fraction of sp³-hybridized carbons (Fsp3) is 0.226. The normalized spacial score (nSPS) is 13.3. The number of para-hydroxylation sites is 2. The number of amides is 2. The Hall–Kier alpha value is -4.59. The van der Waals surface area contributed by atoms with E-state index in [9.17, 15) is 14.0 Å². The van der Waals surface area contributed by atoms with E-state index in [1.54, 1.807) is 51.8 Å². The summed E-state index contributed by atoms with van der Waals surface area (Å²) in [6.07, 6.45) is 0. The van der Waals surface area contributed by atoms with Crippen molar-refractivity contribution < 1.29 is 23.5 Å². The van der Waals surface area contributed by atoms with E-state index >= 15 is 0 Å². The Kier molecular flexibility index (Phi) is 7.63. The van der Waals surface area contributed by atoms with Crippen LogP contribution in [0.4, 0.5) is 4.39 Å². The van der Waals surface area contributed by atoms with Crippen LogP contribution in [0, 0.1) is 12.7 Å². The van der Waals surface area contributed by atoms with Gasteiger partial charge >= 0.3 is 0 Å². The van der Waals surface area contributed by atoms with E-state index in [-0.39, 0.29) is 24.2 Å². The summed E-state index contributed by atoms with van der Waals surface area (Å²) in [6.45, 7) is 3.40. The average molecular weight is 528 g/mol. The predicted octanol–water partition coefficient (Wildman–Crippen LogP) is 4.96. The fourth-order valence-corrected chi connectivity index (χ4v) is 4.84. The minimum Gasteiger partial charge on any atom is -0.497 e. The lowest BCUT2D eigenvalue weighted by Gasteiger charge is -2.34. The van der Waals surface area contributed by atoms with Crippen LogP contribution in [-0.4, -0.2) is 66.1 Å². The minimum atomic E-state index is -0.385. The van der Waals surface area contributed by atoms with Gasteiger partial charge in [0.15, 0.2) is 6.61 Å². The van der Waals surface area contributed by atoms with Gasteiger partial charge in [0.05, 0.1) is 24.1 Å². The lowest BCUT2D eigenvalue weighted by atomic mass is 10.1. The Morgan fingerprint density at radius 3 is 2.21 bits per heavy atom. The highest BCUT2D eigenvalue weighted by atomic mass is 19.1. The topological polar surface area (TPSA) is 64.0 Å². The average Bonchev–Trinajstić information content (AvgIpc) is 3.33. The van der Waals surface area contributed by atoms with Crippen LogP contribution in [0.3, 0.4) is 0 Å². The Balaban J connectivity index is 1.36. The van der Waals surface area contributed by atoms with Crippen LogP contribution in [0.15, 0.2) is 84.9 Å². The molecule has 1 aliphatic rings. The third-order valence-electron chi connectivity index (χ3n) is 6.96. The van der Waals surface area contributed by atoms with Gasteiger partial charge in [-0.1, -0.05) is 42.5 Å². The molecule has 1 fully saturated rings. The molecule has 0 bridgehead atoms. The van der Waals surface area contributed by atoms with E-state index in [0.29, 0.717) is 60.3 Å². The highest BCUT2D eigenvalue weighted by molar-refractivity contribution is 5.97. The summed E-state index contributed by atoms with van der Waals surface area (Å²) >= 11 is 0. The van der Waals surface area contributed by atoms with Crippen LogP contribution in [0.25, 0.3) is 16.9 Å². The van der Waals surface area contributed by atoms with Crippen molar-refractivity contribution in [3.8, 4) is 28.4 Å². The van der Waals surface area contributed by atoms with E-state index in [1.165, 1.54) is 6.07 Å². The maximum atomic E-state index is 15.0. The van der Waals surface area contributed by atoms with Gasteiger partial charge in [0.25, 0.3) is 11.8 Å². The van der Waals surface area contributed by atoms with Gasteiger partial charge in [0.1, 0.15) is 17.3 Å². The number of piperazine rings is 1. The highest BCUT2D eigenvalue weighted by Crippen LogP contribution is 2.33. The fourth-order valence-electron chi connectivity index (χ4n) is 4.84. The predicted molar refractivity (Wildman–Crippen MR) is 147 cm³/mol. The first-order valence-electron chi connectivity index (χ1n) is 12.8. The summed E-state index contributed by atoms with van der Waals surface area (Å²) in [5.41, 5.74) is 2.97. The molecule has 0 unspecified atom stereocenters. The van der Waals surface area contributed by atoms with Crippen molar-refractivity contribution in [2.24, 2.45) is 0 Å². The van der Waals surface area contributed by atoms with Crippen LogP contribution in [0.2, 0.25) is 0 Å². The van der Waals surface area contributed by atoms with Crippen LogP contribution >= 0.6 is 0 Å². The van der Waals surface area contributed by atoms with Gasteiger partial charge in [-0.3, -0.25) is 9.59 Å². The highest BCUT2D eigenvalue weighted by Gasteiger charge is 2.28. The Bertz CT molecular complexity index is 1480. The number of halogens is 1. The molecule has 2 amide bonds. The molecule has 3 aromatic carbocycles. The molecule has 5 rings (SSSR count). The number of ether oxygens (including phenoxy) is 2. The Labute approximate surface area is 227 Å². The molecule has 8 heteroatoms. The molecule has 1 aromatic heterocycles. The molecular weight excluding hydrogens is 497 g/mol. The van der Waals surface area contributed by atoms with E-state index in [4.69, 9.17) is 9.47 Å². The SMILES string of the molecule is COc1cccc(-c2cc(C(=O)N3CCN(C(=O)COc4ccccc4)CC3)c(C)n2-c2ccccc2F)c1. The number of aromatic nitrogens is 1. The summed E-state index contributed by atoms with van der Waals surface area (Å²) in [5.74, 6) is 0.648. The second-order valence-corrected chi connectivity index (χ2v) is 9.32. The first-order valence-corrected chi connectivity index (χ1v) is 12.8. The van der Waals surface area contributed by atoms with Crippen molar-refractivity contribution in [3.05, 3.63) is 102 Å².